The lowest BCUT2D eigenvalue weighted by Gasteiger charge is -2.32. The summed E-state index contributed by atoms with van der Waals surface area (Å²) in [6.07, 6.45) is 9.27. The van der Waals surface area contributed by atoms with Gasteiger partial charge in [-0.1, -0.05) is 20.8 Å². The van der Waals surface area contributed by atoms with Crippen molar-refractivity contribution in [2.75, 3.05) is 0 Å². The summed E-state index contributed by atoms with van der Waals surface area (Å²) >= 11 is 0. The van der Waals surface area contributed by atoms with Crippen molar-refractivity contribution in [2.24, 2.45) is 11.3 Å². The van der Waals surface area contributed by atoms with E-state index in [-0.39, 0.29) is 5.41 Å². The number of rotatable bonds is 6. The molecule has 0 aliphatic carbocycles. The Hall–Kier alpha value is -0.520. The highest BCUT2D eigenvalue weighted by Gasteiger charge is 2.25. The topological polar surface area (TPSA) is 38.0 Å². The highest BCUT2D eigenvalue weighted by Crippen LogP contribution is 2.27. The standard InChI is InChI=1S/C11H22N2/c1-5-7-8-9-10(13-12)11(3,4)6-2/h1,10,13H,6-9,12H2,2-4H3. The molecule has 0 saturated carbocycles. The van der Waals surface area contributed by atoms with Gasteiger partial charge in [0, 0.05) is 12.5 Å². The fourth-order valence-corrected chi connectivity index (χ4v) is 1.35. The third kappa shape index (κ3) is 4.31. The van der Waals surface area contributed by atoms with E-state index in [4.69, 9.17) is 12.3 Å². The van der Waals surface area contributed by atoms with Gasteiger partial charge in [-0.25, -0.2) is 0 Å². The van der Waals surface area contributed by atoms with E-state index in [1.54, 1.807) is 0 Å². The molecule has 76 valence electrons. The zero-order chi connectivity index (χ0) is 10.3. The number of hydrogen-bond acceptors (Lipinski definition) is 2. The Kier molecular flexibility index (Phi) is 5.77. The molecule has 1 unspecified atom stereocenters. The summed E-state index contributed by atoms with van der Waals surface area (Å²) in [6.45, 7) is 6.65. The molecule has 0 saturated heterocycles. The molecule has 0 amide bonds. The molecule has 0 rings (SSSR count). The second kappa shape index (κ2) is 6.01. The van der Waals surface area contributed by atoms with Crippen molar-refractivity contribution in [2.45, 2.75) is 52.5 Å². The average Bonchev–Trinajstić information content (AvgIpc) is 2.12. The predicted octanol–water partition coefficient (Wildman–Crippen LogP) is 2.06. The predicted molar refractivity (Wildman–Crippen MR) is 57.9 cm³/mol. The van der Waals surface area contributed by atoms with Gasteiger partial charge < -0.3 is 0 Å². The van der Waals surface area contributed by atoms with Gasteiger partial charge in [-0.2, -0.15) is 0 Å². The van der Waals surface area contributed by atoms with Crippen LogP contribution >= 0.6 is 0 Å². The third-order valence-corrected chi connectivity index (χ3v) is 2.87. The van der Waals surface area contributed by atoms with Crippen molar-refractivity contribution < 1.29 is 0 Å². The number of hydrazine groups is 1. The molecular weight excluding hydrogens is 160 g/mol. The minimum atomic E-state index is 0.253. The monoisotopic (exact) mass is 182 g/mol. The number of hydrogen-bond donors (Lipinski definition) is 2. The molecule has 0 aliphatic heterocycles. The van der Waals surface area contributed by atoms with E-state index in [2.05, 4.69) is 32.1 Å². The number of unbranched alkanes of at least 4 members (excludes halogenated alkanes) is 1. The van der Waals surface area contributed by atoms with Crippen molar-refractivity contribution in [3.8, 4) is 12.3 Å². The first kappa shape index (κ1) is 12.5. The van der Waals surface area contributed by atoms with Crippen molar-refractivity contribution in [1.29, 1.82) is 0 Å². The molecule has 0 spiro atoms. The van der Waals surface area contributed by atoms with E-state index in [1.807, 2.05) is 0 Å². The van der Waals surface area contributed by atoms with Crippen LogP contribution in [0.25, 0.3) is 0 Å². The average molecular weight is 182 g/mol. The lowest BCUT2D eigenvalue weighted by atomic mass is 9.80. The highest BCUT2D eigenvalue weighted by atomic mass is 15.2. The molecule has 0 aromatic heterocycles. The van der Waals surface area contributed by atoms with Crippen LogP contribution in [0.4, 0.5) is 0 Å². The largest absolute Gasteiger partial charge is 0.271 e. The summed E-state index contributed by atoms with van der Waals surface area (Å²) in [4.78, 5) is 0. The van der Waals surface area contributed by atoms with Crippen LogP contribution < -0.4 is 11.3 Å². The van der Waals surface area contributed by atoms with Gasteiger partial charge in [0.15, 0.2) is 0 Å². The molecule has 0 aromatic carbocycles. The van der Waals surface area contributed by atoms with Crippen LogP contribution in [0, 0.1) is 17.8 Å². The van der Waals surface area contributed by atoms with Gasteiger partial charge in [0.1, 0.15) is 0 Å². The van der Waals surface area contributed by atoms with Crippen LogP contribution in [0.2, 0.25) is 0 Å². The van der Waals surface area contributed by atoms with E-state index < -0.39 is 0 Å². The molecule has 0 radical (unpaired) electrons. The Morgan fingerprint density at radius 2 is 2.15 bits per heavy atom. The Morgan fingerprint density at radius 1 is 1.54 bits per heavy atom. The molecule has 2 nitrogen and oxygen atoms in total. The van der Waals surface area contributed by atoms with E-state index >= 15 is 0 Å². The second-order valence-electron chi connectivity index (χ2n) is 4.16. The normalized spacial score (nSPS) is 13.8. The first-order chi connectivity index (χ1) is 6.08. The first-order valence-electron chi connectivity index (χ1n) is 4.98. The first-order valence-corrected chi connectivity index (χ1v) is 4.98. The summed E-state index contributed by atoms with van der Waals surface area (Å²) in [5, 5.41) is 0. The molecule has 1 atom stereocenters. The van der Waals surface area contributed by atoms with Crippen molar-refractivity contribution >= 4 is 0 Å². The molecule has 0 fully saturated rings. The molecule has 0 bridgehead atoms. The quantitative estimate of drug-likeness (QED) is 0.285. The molecule has 3 N–H and O–H groups in total. The van der Waals surface area contributed by atoms with Gasteiger partial charge in [-0.15, -0.1) is 12.3 Å². The van der Waals surface area contributed by atoms with E-state index in [0.29, 0.717) is 6.04 Å². The summed E-state index contributed by atoms with van der Waals surface area (Å²) in [6, 6.07) is 0.367. The highest BCUT2D eigenvalue weighted by molar-refractivity contribution is 4.86. The summed E-state index contributed by atoms with van der Waals surface area (Å²) in [7, 11) is 0. The van der Waals surface area contributed by atoms with Crippen LogP contribution in [0.5, 0.6) is 0 Å². The minimum Gasteiger partial charge on any atom is -0.271 e. The molecule has 13 heavy (non-hydrogen) atoms. The van der Waals surface area contributed by atoms with Crippen molar-refractivity contribution in [3.63, 3.8) is 0 Å². The number of nitrogens with one attached hydrogen (secondary N) is 1. The van der Waals surface area contributed by atoms with Crippen molar-refractivity contribution in [3.05, 3.63) is 0 Å². The van der Waals surface area contributed by atoms with Crippen LogP contribution in [0.1, 0.15) is 46.5 Å². The SMILES string of the molecule is C#CCCCC(NN)C(C)(C)CC. The molecule has 0 aliphatic rings. The minimum absolute atomic E-state index is 0.253. The molecule has 0 heterocycles. The molecule has 0 aromatic rings. The Morgan fingerprint density at radius 3 is 2.54 bits per heavy atom. The lowest BCUT2D eigenvalue weighted by molar-refractivity contribution is 0.219. The fraction of sp³-hybridized carbons (Fsp3) is 0.818. The van der Waals surface area contributed by atoms with Crippen LogP contribution in [-0.4, -0.2) is 6.04 Å². The Balaban J connectivity index is 3.96. The van der Waals surface area contributed by atoms with Gasteiger partial charge in [0.2, 0.25) is 0 Å². The van der Waals surface area contributed by atoms with Gasteiger partial charge in [-0.05, 0) is 24.7 Å². The molecular formula is C11H22N2. The van der Waals surface area contributed by atoms with Gasteiger partial charge in [-0.3, -0.25) is 11.3 Å². The summed E-state index contributed by atoms with van der Waals surface area (Å²) < 4.78 is 0. The van der Waals surface area contributed by atoms with Gasteiger partial charge >= 0.3 is 0 Å². The maximum Gasteiger partial charge on any atom is 0.0261 e. The van der Waals surface area contributed by atoms with Crippen LogP contribution in [-0.2, 0) is 0 Å². The van der Waals surface area contributed by atoms with Crippen LogP contribution in [0.3, 0.4) is 0 Å². The number of nitrogens with two attached hydrogens (primary N) is 1. The fourth-order valence-electron chi connectivity index (χ4n) is 1.35. The van der Waals surface area contributed by atoms with Crippen LogP contribution in [0.15, 0.2) is 0 Å². The second-order valence-corrected chi connectivity index (χ2v) is 4.16. The van der Waals surface area contributed by atoms with Crippen molar-refractivity contribution in [1.82, 2.24) is 5.43 Å². The maximum absolute atomic E-state index is 5.52. The zero-order valence-corrected chi connectivity index (χ0v) is 9.06. The van der Waals surface area contributed by atoms with E-state index in [9.17, 15) is 0 Å². The Bertz CT molecular complexity index is 167. The van der Waals surface area contributed by atoms with E-state index in [1.165, 1.54) is 0 Å². The maximum atomic E-state index is 5.52. The third-order valence-electron chi connectivity index (χ3n) is 2.87. The summed E-state index contributed by atoms with van der Waals surface area (Å²) in [5.41, 5.74) is 3.14. The molecule has 2 heteroatoms. The van der Waals surface area contributed by atoms with Gasteiger partial charge in [0.25, 0.3) is 0 Å². The lowest BCUT2D eigenvalue weighted by Crippen LogP contribution is -2.45. The number of terminal acetylenes is 1. The van der Waals surface area contributed by atoms with E-state index in [0.717, 1.165) is 25.7 Å². The summed E-state index contributed by atoms with van der Waals surface area (Å²) in [5.74, 6) is 8.16. The Labute approximate surface area is 82.2 Å². The van der Waals surface area contributed by atoms with Gasteiger partial charge in [0.05, 0.1) is 0 Å². The smallest absolute Gasteiger partial charge is 0.0261 e. The zero-order valence-electron chi connectivity index (χ0n) is 9.06.